The van der Waals surface area contributed by atoms with Gasteiger partial charge >= 0.3 is 6.18 Å². The second kappa shape index (κ2) is 9.01. The molecule has 154 valence electrons. The topological polar surface area (TPSA) is 18.5 Å². The molecular formula is C23H23F3O2S. The van der Waals surface area contributed by atoms with Crippen molar-refractivity contribution in [1.82, 2.24) is 0 Å². The fourth-order valence-corrected chi connectivity index (χ4v) is 4.00. The van der Waals surface area contributed by atoms with Crippen LogP contribution in [0.1, 0.15) is 36.3 Å². The van der Waals surface area contributed by atoms with Crippen molar-refractivity contribution in [3.05, 3.63) is 82.0 Å². The van der Waals surface area contributed by atoms with Gasteiger partial charge in [-0.3, -0.25) is 0 Å². The Kier molecular flexibility index (Phi) is 6.65. The van der Waals surface area contributed by atoms with E-state index in [9.17, 15) is 13.2 Å². The molecule has 0 saturated heterocycles. The summed E-state index contributed by atoms with van der Waals surface area (Å²) in [6.45, 7) is 4.60. The molecule has 1 atom stereocenters. The first-order valence-corrected chi connectivity index (χ1v) is 10.2. The van der Waals surface area contributed by atoms with Crippen molar-refractivity contribution in [1.29, 1.82) is 0 Å². The molecule has 0 spiro atoms. The number of hydrogen-bond acceptors (Lipinski definition) is 3. The maximum Gasteiger partial charge on any atom is 0.417 e. The summed E-state index contributed by atoms with van der Waals surface area (Å²) in [6.07, 6.45) is -3.63. The van der Waals surface area contributed by atoms with Crippen LogP contribution in [0.2, 0.25) is 0 Å². The Morgan fingerprint density at radius 3 is 2.31 bits per heavy atom. The van der Waals surface area contributed by atoms with Gasteiger partial charge in [-0.05, 0) is 42.3 Å². The summed E-state index contributed by atoms with van der Waals surface area (Å²) >= 11 is 1.14. The van der Waals surface area contributed by atoms with E-state index < -0.39 is 17.2 Å². The maximum absolute atomic E-state index is 12.9. The third-order valence-corrected chi connectivity index (χ3v) is 6.11. The lowest BCUT2D eigenvalue weighted by atomic mass is 9.86. The number of para-hydroxylation sites is 1. The molecule has 0 fully saturated rings. The predicted molar refractivity (Wildman–Crippen MR) is 110 cm³/mol. The molecule has 3 aromatic rings. The number of halogens is 3. The van der Waals surface area contributed by atoms with Crippen LogP contribution in [-0.4, -0.2) is 6.61 Å². The molecule has 1 heterocycles. The fraction of sp³-hybridized carbons (Fsp3) is 0.304. The number of benzene rings is 2. The van der Waals surface area contributed by atoms with Crippen molar-refractivity contribution in [3.8, 4) is 11.5 Å². The molecule has 3 rings (SSSR count). The van der Waals surface area contributed by atoms with Crippen LogP contribution in [-0.2, 0) is 22.9 Å². The normalized spacial score (nSPS) is 13.8. The van der Waals surface area contributed by atoms with Gasteiger partial charge in [-0.1, -0.05) is 44.2 Å². The summed E-state index contributed by atoms with van der Waals surface area (Å²) < 4.78 is 50.5. The first-order chi connectivity index (χ1) is 13.8. The first kappa shape index (κ1) is 21.4. The Morgan fingerprint density at radius 1 is 0.931 bits per heavy atom. The molecule has 1 aromatic heterocycles. The SMILES string of the molecule is CCC(C)(COCc1cccc(Oc2ccccc2)c1)c1cc(C(F)(F)F)cs1. The number of alkyl halides is 3. The molecule has 6 heteroatoms. The van der Waals surface area contributed by atoms with E-state index in [-0.39, 0.29) is 0 Å². The second-order valence-electron chi connectivity index (χ2n) is 7.17. The standard InChI is InChI=1S/C23H23F3O2S/c1-3-22(2,21-13-18(15-29-21)23(24,25)26)16-27-14-17-8-7-11-20(12-17)28-19-9-5-4-6-10-19/h4-13,15H,3,14,16H2,1-2H3. The first-order valence-electron chi connectivity index (χ1n) is 9.36. The monoisotopic (exact) mass is 420 g/mol. The van der Waals surface area contributed by atoms with E-state index in [0.29, 0.717) is 30.3 Å². The fourth-order valence-electron chi connectivity index (χ4n) is 2.87. The van der Waals surface area contributed by atoms with Crippen LogP contribution in [0, 0.1) is 0 Å². The van der Waals surface area contributed by atoms with Gasteiger partial charge < -0.3 is 9.47 Å². The third kappa shape index (κ3) is 5.61. The quantitative estimate of drug-likeness (QED) is 0.377. The van der Waals surface area contributed by atoms with Gasteiger partial charge in [0, 0.05) is 15.7 Å². The lowest BCUT2D eigenvalue weighted by molar-refractivity contribution is -0.137. The minimum atomic E-state index is -4.32. The van der Waals surface area contributed by atoms with Crippen molar-refractivity contribution in [3.63, 3.8) is 0 Å². The number of hydrogen-bond donors (Lipinski definition) is 0. The molecule has 0 radical (unpaired) electrons. The number of thiophene rings is 1. The molecule has 0 aliphatic carbocycles. The molecule has 0 amide bonds. The highest BCUT2D eigenvalue weighted by Gasteiger charge is 2.35. The van der Waals surface area contributed by atoms with E-state index >= 15 is 0 Å². The largest absolute Gasteiger partial charge is 0.457 e. The highest BCUT2D eigenvalue weighted by Crippen LogP contribution is 2.39. The van der Waals surface area contributed by atoms with E-state index in [4.69, 9.17) is 9.47 Å². The lowest BCUT2D eigenvalue weighted by Crippen LogP contribution is -2.26. The summed E-state index contributed by atoms with van der Waals surface area (Å²) in [5, 5.41) is 1.17. The molecule has 29 heavy (non-hydrogen) atoms. The van der Waals surface area contributed by atoms with Crippen LogP contribution in [0.4, 0.5) is 13.2 Å². The van der Waals surface area contributed by atoms with Gasteiger partial charge in [0.25, 0.3) is 0 Å². The van der Waals surface area contributed by atoms with Crippen molar-refractivity contribution in [2.24, 2.45) is 0 Å². The van der Waals surface area contributed by atoms with Gasteiger partial charge in [-0.25, -0.2) is 0 Å². The van der Waals surface area contributed by atoms with Gasteiger partial charge in [-0.2, -0.15) is 13.2 Å². The maximum atomic E-state index is 12.9. The molecule has 0 N–H and O–H groups in total. The second-order valence-corrected chi connectivity index (χ2v) is 8.08. The third-order valence-electron chi connectivity index (χ3n) is 4.87. The summed E-state index contributed by atoms with van der Waals surface area (Å²) in [5.41, 5.74) is -0.117. The Labute approximate surface area is 172 Å². The molecule has 1 unspecified atom stereocenters. The Balaban J connectivity index is 1.62. The molecule has 0 aliphatic rings. The minimum absolute atomic E-state index is 0.338. The van der Waals surface area contributed by atoms with Gasteiger partial charge in [0.15, 0.2) is 0 Å². The summed E-state index contributed by atoms with van der Waals surface area (Å²) in [7, 11) is 0. The van der Waals surface area contributed by atoms with E-state index in [1.807, 2.05) is 68.4 Å². The molecule has 2 nitrogen and oxygen atoms in total. The van der Waals surface area contributed by atoms with E-state index in [0.717, 1.165) is 22.6 Å². The zero-order valence-corrected chi connectivity index (χ0v) is 17.1. The number of rotatable bonds is 8. The minimum Gasteiger partial charge on any atom is -0.457 e. The van der Waals surface area contributed by atoms with Crippen LogP contribution in [0.15, 0.2) is 66.0 Å². The van der Waals surface area contributed by atoms with Gasteiger partial charge in [0.1, 0.15) is 11.5 Å². The average molecular weight is 420 g/mol. The van der Waals surface area contributed by atoms with E-state index in [2.05, 4.69) is 0 Å². The lowest BCUT2D eigenvalue weighted by Gasteiger charge is -2.27. The zero-order chi connectivity index (χ0) is 20.9. The van der Waals surface area contributed by atoms with Gasteiger partial charge in [-0.15, -0.1) is 11.3 Å². The molecular weight excluding hydrogens is 397 g/mol. The van der Waals surface area contributed by atoms with Gasteiger partial charge in [0.2, 0.25) is 0 Å². The Bertz CT molecular complexity index is 921. The molecule has 0 saturated carbocycles. The van der Waals surface area contributed by atoms with Crippen LogP contribution in [0.3, 0.4) is 0 Å². The molecule has 2 aromatic carbocycles. The summed E-state index contributed by atoms with van der Waals surface area (Å²) in [4.78, 5) is 0.688. The smallest absolute Gasteiger partial charge is 0.417 e. The highest BCUT2D eigenvalue weighted by atomic mass is 32.1. The van der Waals surface area contributed by atoms with Crippen molar-refractivity contribution in [2.75, 3.05) is 6.61 Å². The van der Waals surface area contributed by atoms with E-state index in [1.54, 1.807) is 0 Å². The van der Waals surface area contributed by atoms with Crippen LogP contribution in [0.25, 0.3) is 0 Å². The average Bonchev–Trinajstić information content (AvgIpc) is 3.20. The molecule has 0 aliphatic heterocycles. The van der Waals surface area contributed by atoms with Crippen molar-refractivity contribution < 1.29 is 22.6 Å². The van der Waals surface area contributed by atoms with Crippen molar-refractivity contribution >= 4 is 11.3 Å². The number of ether oxygens (including phenoxy) is 2. The Hall–Kier alpha value is -2.31. The zero-order valence-electron chi connectivity index (χ0n) is 16.3. The van der Waals surface area contributed by atoms with Gasteiger partial charge in [0.05, 0.1) is 18.8 Å². The Morgan fingerprint density at radius 2 is 1.66 bits per heavy atom. The van der Waals surface area contributed by atoms with Crippen LogP contribution >= 0.6 is 11.3 Å². The van der Waals surface area contributed by atoms with Crippen LogP contribution in [0.5, 0.6) is 11.5 Å². The summed E-state index contributed by atoms with van der Waals surface area (Å²) in [6, 6.07) is 18.3. The van der Waals surface area contributed by atoms with Crippen molar-refractivity contribution in [2.45, 2.75) is 38.5 Å². The highest BCUT2D eigenvalue weighted by molar-refractivity contribution is 7.10. The van der Waals surface area contributed by atoms with E-state index in [1.165, 1.54) is 11.4 Å². The van der Waals surface area contributed by atoms with Crippen LogP contribution < -0.4 is 4.74 Å². The summed E-state index contributed by atoms with van der Waals surface area (Å²) in [5.74, 6) is 1.46. The predicted octanol–water partition coefficient (Wildman–Crippen LogP) is 7.44. The molecule has 0 bridgehead atoms.